The van der Waals surface area contributed by atoms with E-state index in [9.17, 15) is 0 Å². The second-order valence-electron chi connectivity index (χ2n) is 1.36. The molecule has 0 rings (SSSR count). The van der Waals surface area contributed by atoms with Crippen molar-refractivity contribution in [3.05, 3.63) is 25.1 Å². The highest BCUT2D eigenvalue weighted by atomic mass is 15.2. The van der Waals surface area contributed by atoms with Crippen LogP contribution in [-0.4, -0.2) is 14.2 Å². The standard InChI is InChI=1S/C5H10BN3/c1-3-7-5(2)4-8-9-6/h3-4,7,9H,1-2,6H2/b8-4-. The fourth-order valence-electron chi connectivity index (χ4n) is 0.311. The molecule has 3 nitrogen and oxygen atoms in total. The molecule has 0 spiro atoms. The minimum absolute atomic E-state index is 0.708. The zero-order chi connectivity index (χ0) is 7.11. The summed E-state index contributed by atoms with van der Waals surface area (Å²) in [5, 5.41) is 9.06. The summed E-state index contributed by atoms with van der Waals surface area (Å²) in [6, 6.07) is 0. The van der Waals surface area contributed by atoms with Gasteiger partial charge < -0.3 is 10.7 Å². The molecule has 0 aromatic heterocycles. The van der Waals surface area contributed by atoms with Crippen LogP contribution in [-0.2, 0) is 0 Å². The molecule has 0 amide bonds. The minimum atomic E-state index is 0.708. The Kier molecular flexibility index (Phi) is 4.31. The molecule has 0 aliphatic carbocycles. The van der Waals surface area contributed by atoms with Crippen molar-refractivity contribution in [1.29, 1.82) is 0 Å². The maximum Gasteiger partial charge on any atom is 0.237 e. The molecule has 0 aliphatic heterocycles. The third kappa shape index (κ3) is 4.67. The van der Waals surface area contributed by atoms with E-state index >= 15 is 0 Å². The molecule has 0 aromatic rings. The molecule has 0 saturated heterocycles. The van der Waals surface area contributed by atoms with Gasteiger partial charge in [0.05, 0.1) is 11.9 Å². The largest absolute Gasteiger partial charge is 0.361 e. The molecule has 0 atom stereocenters. The van der Waals surface area contributed by atoms with Crippen LogP contribution in [0.15, 0.2) is 30.2 Å². The first-order valence-electron chi connectivity index (χ1n) is 2.57. The lowest BCUT2D eigenvalue weighted by molar-refractivity contribution is 1.08. The van der Waals surface area contributed by atoms with Crippen molar-refractivity contribution in [3.63, 3.8) is 0 Å². The van der Waals surface area contributed by atoms with Crippen LogP contribution in [0.5, 0.6) is 0 Å². The highest BCUT2D eigenvalue weighted by Gasteiger charge is 1.77. The van der Waals surface area contributed by atoms with E-state index in [4.69, 9.17) is 0 Å². The number of allylic oxidation sites excluding steroid dienone is 1. The number of hydrogen-bond acceptors (Lipinski definition) is 3. The summed E-state index contributed by atoms with van der Waals surface area (Å²) in [4.78, 5) is 0. The van der Waals surface area contributed by atoms with Gasteiger partial charge in [0.1, 0.15) is 0 Å². The Morgan fingerprint density at radius 1 is 1.67 bits per heavy atom. The third-order valence-electron chi connectivity index (χ3n) is 0.637. The van der Waals surface area contributed by atoms with Gasteiger partial charge in [0.2, 0.25) is 7.98 Å². The van der Waals surface area contributed by atoms with Gasteiger partial charge in [0.15, 0.2) is 0 Å². The average Bonchev–Trinajstić information content (AvgIpc) is 1.85. The third-order valence-corrected chi connectivity index (χ3v) is 0.637. The van der Waals surface area contributed by atoms with Gasteiger partial charge in [-0.1, -0.05) is 13.2 Å². The van der Waals surface area contributed by atoms with Crippen molar-refractivity contribution >= 4 is 14.2 Å². The predicted molar refractivity (Wildman–Crippen MR) is 42.6 cm³/mol. The number of nitrogens with one attached hydrogen (secondary N) is 2. The Balaban J connectivity index is 3.49. The van der Waals surface area contributed by atoms with Crippen LogP contribution in [0.4, 0.5) is 0 Å². The monoisotopic (exact) mass is 123 g/mol. The molecule has 0 fully saturated rings. The zero-order valence-corrected chi connectivity index (χ0v) is 5.52. The SMILES string of the molecule is BN/N=C\C(=C)NC=C. The van der Waals surface area contributed by atoms with Gasteiger partial charge in [0, 0.05) is 0 Å². The Hall–Kier alpha value is -1.19. The summed E-state index contributed by atoms with van der Waals surface area (Å²) in [5.74, 6) is 0. The molecule has 9 heavy (non-hydrogen) atoms. The number of hydrogen-bond donors (Lipinski definition) is 2. The highest BCUT2D eigenvalue weighted by molar-refractivity contribution is 6.04. The molecular weight excluding hydrogens is 113 g/mol. The summed E-state index contributed by atoms with van der Waals surface area (Å²) in [6.07, 6.45) is 3.12. The van der Waals surface area contributed by atoms with E-state index in [1.165, 1.54) is 0 Å². The molecule has 0 radical (unpaired) electrons. The molecule has 0 heterocycles. The molecule has 0 aromatic carbocycles. The summed E-state index contributed by atoms with van der Waals surface area (Å²) >= 11 is 0. The molecule has 0 saturated carbocycles. The first-order chi connectivity index (χ1) is 4.31. The van der Waals surface area contributed by atoms with Gasteiger partial charge in [0.25, 0.3) is 0 Å². The predicted octanol–water partition coefficient (Wildman–Crippen LogP) is -0.643. The van der Waals surface area contributed by atoms with Crippen LogP contribution >= 0.6 is 0 Å². The first kappa shape index (κ1) is 7.81. The van der Waals surface area contributed by atoms with E-state index < -0.39 is 0 Å². The first-order valence-corrected chi connectivity index (χ1v) is 2.57. The van der Waals surface area contributed by atoms with Crippen LogP contribution in [0.2, 0.25) is 0 Å². The Labute approximate surface area is 56.0 Å². The molecular formula is C5H10BN3. The second kappa shape index (κ2) is 4.96. The van der Waals surface area contributed by atoms with Gasteiger partial charge in [-0.25, -0.2) is 5.10 Å². The van der Waals surface area contributed by atoms with Crippen LogP contribution in [0.1, 0.15) is 0 Å². The molecule has 4 heteroatoms. The zero-order valence-electron chi connectivity index (χ0n) is 5.52. The van der Waals surface area contributed by atoms with Gasteiger partial charge >= 0.3 is 0 Å². The van der Waals surface area contributed by atoms with Gasteiger partial charge in [-0.05, 0) is 6.20 Å². The maximum atomic E-state index is 3.71. The normalized spacial score (nSPS) is 8.89. The van der Waals surface area contributed by atoms with Crippen molar-refractivity contribution in [2.45, 2.75) is 0 Å². The lowest BCUT2D eigenvalue weighted by atomic mass is 10.5. The van der Waals surface area contributed by atoms with Gasteiger partial charge in [-0.3, -0.25) is 0 Å². The minimum Gasteiger partial charge on any atom is -0.361 e. The summed E-state index contributed by atoms with van der Waals surface area (Å²) in [7, 11) is 1.72. The highest BCUT2D eigenvalue weighted by Crippen LogP contribution is 1.74. The molecule has 48 valence electrons. The van der Waals surface area contributed by atoms with Gasteiger partial charge in [-0.2, -0.15) is 0 Å². The summed E-state index contributed by atoms with van der Waals surface area (Å²) in [6.45, 7) is 7.06. The summed E-state index contributed by atoms with van der Waals surface area (Å²) < 4.78 is 0. The van der Waals surface area contributed by atoms with Crippen molar-refractivity contribution < 1.29 is 0 Å². The number of rotatable bonds is 4. The topological polar surface area (TPSA) is 36.4 Å². The van der Waals surface area contributed by atoms with Crippen molar-refractivity contribution in [1.82, 2.24) is 10.7 Å². The smallest absolute Gasteiger partial charge is 0.237 e. The van der Waals surface area contributed by atoms with E-state index in [2.05, 4.69) is 28.9 Å². The second-order valence-corrected chi connectivity index (χ2v) is 1.36. The van der Waals surface area contributed by atoms with Crippen molar-refractivity contribution in [2.75, 3.05) is 0 Å². The Morgan fingerprint density at radius 3 is 2.78 bits per heavy atom. The van der Waals surface area contributed by atoms with E-state index in [0.29, 0.717) is 5.70 Å². The summed E-state index contributed by atoms with van der Waals surface area (Å²) in [5.41, 5.74) is 0.708. The average molecular weight is 123 g/mol. The van der Waals surface area contributed by atoms with Crippen molar-refractivity contribution in [3.8, 4) is 0 Å². The van der Waals surface area contributed by atoms with E-state index in [1.54, 1.807) is 20.4 Å². The Bertz CT molecular complexity index is 130. The molecule has 0 bridgehead atoms. The fourth-order valence-corrected chi connectivity index (χ4v) is 0.311. The molecule has 0 aliphatic rings. The lowest BCUT2D eigenvalue weighted by Gasteiger charge is -1.94. The quantitative estimate of drug-likeness (QED) is 0.296. The fraction of sp³-hybridized carbons (Fsp3) is 0. The Morgan fingerprint density at radius 2 is 2.33 bits per heavy atom. The van der Waals surface area contributed by atoms with Crippen LogP contribution in [0.3, 0.4) is 0 Å². The number of nitrogens with zero attached hydrogens (tertiary/aromatic N) is 1. The maximum absolute atomic E-state index is 3.71. The lowest BCUT2D eigenvalue weighted by Crippen LogP contribution is -2.06. The number of hydrazone groups is 1. The van der Waals surface area contributed by atoms with Crippen LogP contribution in [0, 0.1) is 0 Å². The van der Waals surface area contributed by atoms with Gasteiger partial charge in [-0.15, -0.1) is 0 Å². The van der Waals surface area contributed by atoms with Crippen LogP contribution < -0.4 is 10.7 Å². The van der Waals surface area contributed by atoms with E-state index in [-0.39, 0.29) is 0 Å². The van der Waals surface area contributed by atoms with E-state index in [0.717, 1.165) is 0 Å². The van der Waals surface area contributed by atoms with Crippen molar-refractivity contribution in [2.24, 2.45) is 5.10 Å². The molecule has 0 unspecified atom stereocenters. The molecule has 2 N–H and O–H groups in total. The van der Waals surface area contributed by atoms with E-state index in [1.807, 2.05) is 0 Å². The van der Waals surface area contributed by atoms with Crippen LogP contribution in [0.25, 0.3) is 0 Å².